The number of rotatable bonds is 2. The fourth-order valence-corrected chi connectivity index (χ4v) is 1.86. The zero-order valence-electron chi connectivity index (χ0n) is 8.25. The summed E-state index contributed by atoms with van der Waals surface area (Å²) in [6.45, 7) is 0. The van der Waals surface area contributed by atoms with Gasteiger partial charge in [-0.3, -0.25) is 14.9 Å². The molecule has 2 aromatic rings. The van der Waals surface area contributed by atoms with Gasteiger partial charge in [0.15, 0.2) is 0 Å². The quantitative estimate of drug-likeness (QED) is 0.391. The van der Waals surface area contributed by atoms with E-state index in [1.807, 2.05) is 0 Å². The average Bonchev–Trinajstić information content (AvgIpc) is 2.27. The van der Waals surface area contributed by atoms with Gasteiger partial charge in [-0.15, -0.1) is 12.6 Å². The first kappa shape index (κ1) is 11.7. The molecule has 0 atom stereocenters. The maximum Gasteiger partial charge on any atom is 0.270 e. The summed E-state index contributed by atoms with van der Waals surface area (Å²) < 4.78 is 5.23. The number of thiol groups is 1. The third-order valence-corrected chi connectivity index (χ3v) is 2.70. The van der Waals surface area contributed by atoms with E-state index in [9.17, 15) is 14.9 Å². The van der Waals surface area contributed by atoms with E-state index in [-0.39, 0.29) is 16.0 Å². The van der Waals surface area contributed by atoms with Gasteiger partial charge >= 0.3 is 0 Å². The number of carbonyl (C=O) groups excluding carboxylic acids is 1. The molecule has 2 rings (SSSR count). The Morgan fingerprint density at radius 2 is 2.12 bits per heavy atom. The van der Waals surface area contributed by atoms with Crippen molar-refractivity contribution in [3.05, 3.63) is 44.7 Å². The van der Waals surface area contributed by atoms with Crippen LogP contribution in [0.15, 0.2) is 28.7 Å². The molecule has 1 aromatic carbocycles. The molecule has 0 amide bonds. The smallest absolute Gasteiger partial charge is 0.270 e. The molecule has 0 aliphatic heterocycles. The number of benzene rings is 1. The molecule has 17 heavy (non-hydrogen) atoms. The van der Waals surface area contributed by atoms with Gasteiger partial charge in [0.1, 0.15) is 5.58 Å². The van der Waals surface area contributed by atoms with Gasteiger partial charge in [-0.1, -0.05) is 0 Å². The third kappa shape index (κ3) is 2.20. The van der Waals surface area contributed by atoms with E-state index >= 15 is 0 Å². The van der Waals surface area contributed by atoms with Gasteiger partial charge in [0, 0.05) is 17.5 Å². The van der Waals surface area contributed by atoms with E-state index in [0.717, 1.165) is 0 Å². The van der Waals surface area contributed by atoms with Crippen molar-refractivity contribution in [2.24, 2.45) is 0 Å². The van der Waals surface area contributed by atoms with Crippen molar-refractivity contribution in [3.63, 3.8) is 0 Å². The molecule has 5 nitrogen and oxygen atoms in total. The van der Waals surface area contributed by atoms with E-state index in [1.165, 1.54) is 24.3 Å². The van der Waals surface area contributed by atoms with Crippen molar-refractivity contribution in [3.8, 4) is 0 Å². The topological polar surface area (TPSA) is 73.3 Å². The second-order valence-corrected chi connectivity index (χ2v) is 4.01. The molecule has 86 valence electrons. The fourth-order valence-electron chi connectivity index (χ4n) is 1.37. The molecule has 0 spiro atoms. The van der Waals surface area contributed by atoms with Gasteiger partial charge < -0.3 is 4.42 Å². The van der Waals surface area contributed by atoms with Gasteiger partial charge in [-0.25, -0.2) is 0 Å². The van der Waals surface area contributed by atoms with E-state index in [1.54, 1.807) is 0 Å². The summed E-state index contributed by atoms with van der Waals surface area (Å²) in [5.41, 5.74) is 0.428. The summed E-state index contributed by atoms with van der Waals surface area (Å²) in [5.74, 6) is 0. The predicted molar refractivity (Wildman–Crippen MR) is 67.0 cm³/mol. The number of hydrogen-bond acceptors (Lipinski definition) is 5. The summed E-state index contributed by atoms with van der Waals surface area (Å²) in [5, 5.41) is 10.5. The molecule has 0 fully saturated rings. The van der Waals surface area contributed by atoms with Gasteiger partial charge in [0.25, 0.3) is 5.69 Å². The van der Waals surface area contributed by atoms with Crippen molar-refractivity contribution in [1.29, 1.82) is 0 Å². The highest BCUT2D eigenvalue weighted by molar-refractivity contribution is 7.97. The molecule has 0 bridgehead atoms. The van der Waals surface area contributed by atoms with Gasteiger partial charge in [-0.2, -0.15) is 0 Å². The highest BCUT2D eigenvalue weighted by Gasteiger charge is 2.11. The van der Waals surface area contributed by atoms with E-state index in [2.05, 4.69) is 12.6 Å². The van der Waals surface area contributed by atoms with Gasteiger partial charge in [0.2, 0.25) is 9.82 Å². The largest absolute Gasteiger partial charge is 0.444 e. The van der Waals surface area contributed by atoms with Crippen molar-refractivity contribution in [1.82, 2.24) is 0 Å². The van der Waals surface area contributed by atoms with Crippen LogP contribution in [0, 0.1) is 14.8 Å². The summed E-state index contributed by atoms with van der Waals surface area (Å²) >= 11 is 8.52. The van der Waals surface area contributed by atoms with Crippen molar-refractivity contribution in [2.45, 2.75) is 0 Å². The highest BCUT2D eigenvalue weighted by Crippen LogP contribution is 2.23. The van der Waals surface area contributed by atoms with Crippen LogP contribution >= 0.6 is 24.8 Å². The van der Waals surface area contributed by atoms with Crippen LogP contribution in [0.1, 0.15) is 10.4 Å². The number of carbonyl (C=O) groups is 1. The lowest BCUT2D eigenvalue weighted by molar-refractivity contribution is -0.384. The first-order valence-electron chi connectivity index (χ1n) is 4.44. The molecule has 0 saturated heterocycles. The first-order valence-corrected chi connectivity index (χ1v) is 5.30. The Balaban J connectivity index is 2.77. The third-order valence-electron chi connectivity index (χ3n) is 2.16. The van der Waals surface area contributed by atoms with Crippen LogP contribution in [-0.2, 0) is 0 Å². The average molecular weight is 267 g/mol. The van der Waals surface area contributed by atoms with Crippen molar-refractivity contribution in [2.75, 3.05) is 0 Å². The second kappa shape index (κ2) is 4.27. The summed E-state index contributed by atoms with van der Waals surface area (Å²) in [6.07, 6.45) is 0. The van der Waals surface area contributed by atoms with Crippen LogP contribution in [0.2, 0.25) is 0 Å². The van der Waals surface area contributed by atoms with Crippen LogP contribution in [-0.4, -0.2) is 10.0 Å². The molecule has 0 aliphatic rings. The fraction of sp³-hybridized carbons (Fsp3) is 0. The molecular formula is C10H5NO4S2. The monoisotopic (exact) mass is 267 g/mol. The van der Waals surface area contributed by atoms with Crippen LogP contribution in [0.5, 0.6) is 0 Å². The van der Waals surface area contributed by atoms with Gasteiger partial charge in [-0.05, 0) is 24.4 Å². The van der Waals surface area contributed by atoms with E-state index in [0.29, 0.717) is 11.0 Å². The first-order chi connectivity index (χ1) is 7.99. The number of non-ortho nitro benzene ring substituents is 1. The molecule has 1 aromatic heterocycles. The second-order valence-electron chi connectivity index (χ2n) is 3.23. The predicted octanol–water partition coefficient (Wildman–Crippen LogP) is 3.14. The Hall–Kier alpha value is -1.73. The molecule has 0 saturated carbocycles. The Bertz CT molecular complexity index is 692. The number of nitrogens with zero attached hydrogens (tertiary/aromatic N) is 1. The SMILES string of the molecule is O=C(S)c1cc2cc([N+](=O)[O-])ccc2oc1=S. The minimum Gasteiger partial charge on any atom is -0.444 e. The number of fused-ring (bicyclic) bond motifs is 1. The number of hydrogen-bond donors (Lipinski definition) is 1. The minimum absolute atomic E-state index is 0.0198. The Labute approximate surface area is 106 Å². The highest BCUT2D eigenvalue weighted by atomic mass is 32.1. The van der Waals surface area contributed by atoms with Gasteiger partial charge in [0.05, 0.1) is 10.5 Å². The van der Waals surface area contributed by atoms with Crippen LogP contribution in [0.3, 0.4) is 0 Å². The zero-order valence-corrected chi connectivity index (χ0v) is 9.96. The standard InChI is InChI=1S/C10H5NO4S2/c12-9(16)7-4-5-3-6(11(13)14)1-2-8(5)15-10(7)17/h1-4H,(H,12,16). The minimum atomic E-state index is -0.535. The van der Waals surface area contributed by atoms with Crippen molar-refractivity contribution >= 4 is 46.6 Å². The molecule has 0 radical (unpaired) electrons. The van der Waals surface area contributed by atoms with Crippen LogP contribution < -0.4 is 0 Å². The summed E-state index contributed by atoms with van der Waals surface area (Å²) in [4.78, 5) is 21.2. The van der Waals surface area contributed by atoms with Crippen LogP contribution in [0.4, 0.5) is 5.69 Å². The number of nitro benzene ring substituents is 1. The van der Waals surface area contributed by atoms with Crippen LogP contribution in [0.25, 0.3) is 11.0 Å². The zero-order chi connectivity index (χ0) is 12.6. The van der Waals surface area contributed by atoms with E-state index < -0.39 is 10.0 Å². The molecule has 0 unspecified atom stereocenters. The Morgan fingerprint density at radius 3 is 2.71 bits per heavy atom. The normalized spacial score (nSPS) is 10.4. The lowest BCUT2D eigenvalue weighted by Crippen LogP contribution is -1.92. The maximum absolute atomic E-state index is 11.1. The van der Waals surface area contributed by atoms with E-state index in [4.69, 9.17) is 16.6 Å². The molecule has 0 N–H and O–H groups in total. The lowest BCUT2D eigenvalue weighted by Gasteiger charge is -2.00. The summed E-state index contributed by atoms with van der Waals surface area (Å²) in [6, 6.07) is 5.50. The maximum atomic E-state index is 11.1. The molecule has 7 heteroatoms. The Kier molecular flexibility index (Phi) is 2.95. The number of nitro groups is 1. The Morgan fingerprint density at radius 1 is 1.41 bits per heavy atom. The molecular weight excluding hydrogens is 262 g/mol. The lowest BCUT2D eigenvalue weighted by atomic mass is 10.2. The molecule has 1 heterocycles. The molecule has 0 aliphatic carbocycles. The summed E-state index contributed by atoms with van der Waals surface area (Å²) in [7, 11) is 0. The van der Waals surface area contributed by atoms with Crippen molar-refractivity contribution < 1.29 is 14.1 Å².